The van der Waals surface area contributed by atoms with Crippen LogP contribution in [-0.2, 0) is 16.0 Å². The first-order valence-electron chi connectivity index (χ1n) is 8.40. The van der Waals surface area contributed by atoms with E-state index in [4.69, 9.17) is 5.73 Å². The average molecular weight is 335 g/mol. The smallest absolute Gasteiger partial charge is 0.250 e. The number of benzene rings is 1. The summed E-state index contributed by atoms with van der Waals surface area (Å²) in [5.41, 5.74) is 6.82. The Morgan fingerprint density at radius 1 is 1.17 bits per heavy atom. The maximum Gasteiger partial charge on any atom is 0.250 e. The van der Waals surface area contributed by atoms with E-state index in [9.17, 15) is 14.7 Å². The Balaban J connectivity index is 2.84. The molecule has 0 aromatic heterocycles. The van der Waals surface area contributed by atoms with Crippen molar-refractivity contribution < 1.29 is 14.7 Å². The van der Waals surface area contributed by atoms with E-state index in [1.807, 2.05) is 44.2 Å². The predicted octanol–water partition coefficient (Wildman–Crippen LogP) is 0.584. The van der Waals surface area contributed by atoms with Crippen LogP contribution in [0.4, 0.5) is 0 Å². The minimum Gasteiger partial charge on any atom is -0.381 e. The maximum atomic E-state index is 12.3. The second kappa shape index (κ2) is 10.1. The fourth-order valence-corrected chi connectivity index (χ4v) is 2.48. The zero-order valence-corrected chi connectivity index (χ0v) is 14.7. The van der Waals surface area contributed by atoms with Crippen LogP contribution in [0.1, 0.15) is 32.8 Å². The highest BCUT2D eigenvalue weighted by molar-refractivity contribution is 5.85. The molecule has 1 aromatic carbocycles. The summed E-state index contributed by atoms with van der Waals surface area (Å²) in [6.07, 6.45) is -0.444. The van der Waals surface area contributed by atoms with Crippen LogP contribution < -0.4 is 16.4 Å². The van der Waals surface area contributed by atoms with Crippen molar-refractivity contribution in [3.05, 3.63) is 35.9 Å². The second-order valence-corrected chi connectivity index (χ2v) is 6.38. The first-order chi connectivity index (χ1) is 11.3. The summed E-state index contributed by atoms with van der Waals surface area (Å²) in [5.74, 6) is -0.573. The van der Waals surface area contributed by atoms with E-state index in [-0.39, 0.29) is 11.8 Å². The first kappa shape index (κ1) is 20.1. The van der Waals surface area contributed by atoms with Gasteiger partial charge in [-0.3, -0.25) is 9.59 Å². The van der Waals surface area contributed by atoms with Gasteiger partial charge in [-0.1, -0.05) is 44.2 Å². The van der Waals surface area contributed by atoms with Gasteiger partial charge in [-0.15, -0.1) is 0 Å². The molecule has 24 heavy (non-hydrogen) atoms. The predicted molar refractivity (Wildman–Crippen MR) is 94.2 cm³/mol. The van der Waals surface area contributed by atoms with Crippen molar-refractivity contribution in [2.75, 3.05) is 6.54 Å². The second-order valence-electron chi connectivity index (χ2n) is 6.38. The molecule has 1 rings (SSSR count). The Morgan fingerprint density at radius 2 is 1.79 bits per heavy atom. The number of aliphatic hydroxyl groups excluding tert-OH is 1. The number of aliphatic hydroxyl groups is 1. The normalized spacial score (nSPS) is 14.8. The van der Waals surface area contributed by atoms with Crippen LogP contribution >= 0.6 is 0 Å². The monoisotopic (exact) mass is 335 g/mol. The minimum absolute atomic E-state index is 0.284. The molecular weight excluding hydrogens is 306 g/mol. The van der Waals surface area contributed by atoms with Crippen LogP contribution in [-0.4, -0.2) is 41.7 Å². The molecule has 0 bridgehead atoms. The number of likely N-dealkylation sites (N-methyl/N-ethyl adjacent to an activating group) is 1. The molecule has 1 aromatic rings. The average Bonchev–Trinajstić information content (AvgIpc) is 2.54. The Bertz CT molecular complexity index is 520. The zero-order chi connectivity index (χ0) is 18.1. The number of hydrogen-bond acceptors (Lipinski definition) is 4. The van der Waals surface area contributed by atoms with Crippen LogP contribution in [0.2, 0.25) is 0 Å². The summed E-state index contributed by atoms with van der Waals surface area (Å²) < 4.78 is 0. The van der Waals surface area contributed by atoms with Gasteiger partial charge >= 0.3 is 0 Å². The lowest BCUT2D eigenvalue weighted by atomic mass is 9.99. The van der Waals surface area contributed by atoms with Crippen molar-refractivity contribution in [3.8, 4) is 0 Å². The molecule has 134 valence electrons. The van der Waals surface area contributed by atoms with Gasteiger partial charge in [-0.2, -0.15) is 0 Å². The largest absolute Gasteiger partial charge is 0.381 e. The summed E-state index contributed by atoms with van der Waals surface area (Å²) in [6, 6.07) is 8.01. The van der Waals surface area contributed by atoms with Crippen molar-refractivity contribution in [2.24, 2.45) is 11.7 Å². The molecular formula is C18H29N3O3. The highest BCUT2D eigenvalue weighted by atomic mass is 16.3. The summed E-state index contributed by atoms with van der Waals surface area (Å²) in [4.78, 5) is 24.2. The zero-order valence-electron chi connectivity index (χ0n) is 14.7. The van der Waals surface area contributed by atoms with Crippen molar-refractivity contribution in [2.45, 2.75) is 51.8 Å². The van der Waals surface area contributed by atoms with Crippen LogP contribution in [0.25, 0.3) is 0 Å². The van der Waals surface area contributed by atoms with Gasteiger partial charge in [0.15, 0.2) is 6.10 Å². The molecule has 3 atom stereocenters. The van der Waals surface area contributed by atoms with Crippen LogP contribution in [0.15, 0.2) is 30.3 Å². The van der Waals surface area contributed by atoms with E-state index in [1.165, 1.54) is 0 Å². The van der Waals surface area contributed by atoms with Gasteiger partial charge in [0.25, 0.3) is 5.91 Å². The number of carbonyl (C=O) groups excluding carboxylic acids is 2. The molecule has 0 saturated carbocycles. The molecule has 6 heteroatoms. The fraction of sp³-hybridized carbons (Fsp3) is 0.556. The lowest BCUT2D eigenvalue weighted by molar-refractivity contribution is -0.132. The number of amides is 2. The molecule has 0 aliphatic heterocycles. The Kier molecular flexibility index (Phi) is 8.43. The third kappa shape index (κ3) is 6.68. The molecule has 0 spiro atoms. The molecule has 5 N–H and O–H groups in total. The molecule has 2 unspecified atom stereocenters. The Labute approximate surface area is 143 Å². The van der Waals surface area contributed by atoms with Crippen molar-refractivity contribution in [1.29, 1.82) is 0 Å². The third-order valence-electron chi connectivity index (χ3n) is 3.69. The van der Waals surface area contributed by atoms with Gasteiger partial charge in [0, 0.05) is 6.54 Å². The first-order valence-corrected chi connectivity index (χ1v) is 8.40. The maximum absolute atomic E-state index is 12.3. The lowest BCUT2D eigenvalue weighted by Gasteiger charge is -2.25. The highest BCUT2D eigenvalue weighted by Gasteiger charge is 2.29. The van der Waals surface area contributed by atoms with E-state index < -0.39 is 24.1 Å². The summed E-state index contributed by atoms with van der Waals surface area (Å²) >= 11 is 0. The van der Waals surface area contributed by atoms with E-state index in [1.54, 1.807) is 6.92 Å². The number of carbonyl (C=O) groups is 2. The van der Waals surface area contributed by atoms with E-state index >= 15 is 0 Å². The van der Waals surface area contributed by atoms with Gasteiger partial charge in [-0.05, 0) is 31.2 Å². The molecule has 0 saturated heterocycles. The SMILES string of the molecule is CCNC(=O)C(O)C(Cc1ccccc1)NC(=O)[C@@H](N)CC(C)C. The van der Waals surface area contributed by atoms with Crippen molar-refractivity contribution in [3.63, 3.8) is 0 Å². The molecule has 2 amide bonds. The van der Waals surface area contributed by atoms with Crippen LogP contribution in [0.3, 0.4) is 0 Å². The summed E-state index contributed by atoms with van der Waals surface area (Å²) in [6.45, 7) is 6.15. The molecule has 0 radical (unpaired) electrons. The third-order valence-corrected chi connectivity index (χ3v) is 3.69. The number of rotatable bonds is 9. The van der Waals surface area contributed by atoms with Gasteiger partial charge in [-0.25, -0.2) is 0 Å². The summed E-state index contributed by atoms with van der Waals surface area (Å²) in [7, 11) is 0. The van der Waals surface area contributed by atoms with E-state index in [0.717, 1.165) is 5.56 Å². The summed E-state index contributed by atoms with van der Waals surface area (Å²) in [5, 5.41) is 15.6. The minimum atomic E-state index is -1.33. The van der Waals surface area contributed by atoms with Gasteiger partial charge in [0.05, 0.1) is 12.1 Å². The Morgan fingerprint density at radius 3 is 2.33 bits per heavy atom. The molecule has 0 fully saturated rings. The molecule has 6 nitrogen and oxygen atoms in total. The highest BCUT2D eigenvalue weighted by Crippen LogP contribution is 2.09. The quantitative estimate of drug-likeness (QED) is 0.530. The topological polar surface area (TPSA) is 104 Å². The van der Waals surface area contributed by atoms with Crippen LogP contribution in [0, 0.1) is 5.92 Å². The molecule has 0 heterocycles. The van der Waals surface area contributed by atoms with Gasteiger partial charge < -0.3 is 21.5 Å². The van der Waals surface area contributed by atoms with Crippen LogP contribution in [0.5, 0.6) is 0 Å². The fourth-order valence-electron chi connectivity index (χ4n) is 2.48. The number of hydrogen-bond donors (Lipinski definition) is 4. The van der Waals surface area contributed by atoms with Crippen molar-refractivity contribution in [1.82, 2.24) is 10.6 Å². The molecule has 0 aliphatic rings. The number of nitrogens with two attached hydrogens (primary N) is 1. The van der Waals surface area contributed by atoms with Crippen molar-refractivity contribution >= 4 is 11.8 Å². The Hall–Kier alpha value is -1.92. The van der Waals surface area contributed by atoms with Gasteiger partial charge in [0.2, 0.25) is 5.91 Å². The lowest BCUT2D eigenvalue weighted by Crippen LogP contribution is -2.55. The number of nitrogens with one attached hydrogen (secondary N) is 2. The van der Waals surface area contributed by atoms with Gasteiger partial charge in [0.1, 0.15) is 0 Å². The molecule has 0 aliphatic carbocycles. The van der Waals surface area contributed by atoms with E-state index in [2.05, 4.69) is 10.6 Å². The van der Waals surface area contributed by atoms with E-state index in [0.29, 0.717) is 19.4 Å². The standard InChI is InChI=1S/C18H29N3O3/c1-4-20-18(24)16(22)15(11-13-8-6-5-7-9-13)21-17(23)14(19)10-12(2)3/h5-9,12,14-16,22H,4,10-11,19H2,1-3H3,(H,20,24)(H,21,23)/t14-,15?,16?/m0/s1.